The summed E-state index contributed by atoms with van der Waals surface area (Å²) in [5.41, 5.74) is -2.95. The van der Waals surface area contributed by atoms with Crippen LogP contribution >= 0.6 is 0 Å². The van der Waals surface area contributed by atoms with Crippen LogP contribution in [0, 0.1) is 10.8 Å². The summed E-state index contributed by atoms with van der Waals surface area (Å²) in [6, 6.07) is 0. The van der Waals surface area contributed by atoms with Gasteiger partial charge in [-0.2, -0.15) is 0 Å². The smallest absolute Gasteiger partial charge is 0.311 e. The topological polar surface area (TPSA) is 93.1 Å². The lowest BCUT2D eigenvalue weighted by atomic mass is 9.88. The molecule has 0 aromatic heterocycles. The average Bonchev–Trinajstić information content (AvgIpc) is 2.52. The first-order chi connectivity index (χ1) is 12.1. The summed E-state index contributed by atoms with van der Waals surface area (Å²) in [4.78, 5) is 24.4. The Morgan fingerprint density at radius 2 is 1.41 bits per heavy atom. The maximum absolute atomic E-state index is 12.3. The van der Waals surface area contributed by atoms with Crippen molar-refractivity contribution in [1.29, 1.82) is 0 Å². The fourth-order valence-electron chi connectivity index (χ4n) is 2.34. The predicted octanol–water partition coefficient (Wildman–Crippen LogP) is 3.62. The molecule has 0 unspecified atom stereocenters. The molecule has 0 aromatic carbocycles. The Morgan fingerprint density at radius 3 is 1.85 bits per heavy atom. The van der Waals surface area contributed by atoms with E-state index in [1.165, 1.54) is 6.92 Å². The fourth-order valence-corrected chi connectivity index (χ4v) is 2.34. The molecular formula is C21H40O6. The summed E-state index contributed by atoms with van der Waals surface area (Å²) in [6.45, 7) is 13.5. The van der Waals surface area contributed by atoms with Crippen molar-refractivity contribution >= 4 is 11.9 Å². The molecule has 0 bridgehead atoms. The highest BCUT2D eigenvalue weighted by Crippen LogP contribution is 2.26. The van der Waals surface area contributed by atoms with E-state index in [0.29, 0.717) is 6.42 Å². The van der Waals surface area contributed by atoms with Gasteiger partial charge >= 0.3 is 11.9 Å². The summed E-state index contributed by atoms with van der Waals surface area (Å²) >= 11 is 0. The quantitative estimate of drug-likeness (QED) is 0.439. The highest BCUT2D eigenvalue weighted by atomic mass is 16.6. The number of carbonyl (C=O) groups is 2. The number of hydrogen-bond acceptors (Lipinski definition) is 6. The molecule has 0 aliphatic rings. The lowest BCUT2D eigenvalue weighted by Crippen LogP contribution is -2.51. The van der Waals surface area contributed by atoms with Gasteiger partial charge in [-0.15, -0.1) is 0 Å². The second-order valence-corrected chi connectivity index (χ2v) is 9.65. The van der Waals surface area contributed by atoms with Crippen LogP contribution in [0.15, 0.2) is 0 Å². The van der Waals surface area contributed by atoms with E-state index in [4.69, 9.17) is 9.47 Å². The van der Waals surface area contributed by atoms with Crippen molar-refractivity contribution in [3.63, 3.8) is 0 Å². The second-order valence-electron chi connectivity index (χ2n) is 9.65. The molecule has 6 heteroatoms. The van der Waals surface area contributed by atoms with E-state index in [1.54, 1.807) is 41.5 Å². The minimum absolute atomic E-state index is 0.301. The maximum Gasteiger partial charge on any atom is 0.311 e. The van der Waals surface area contributed by atoms with E-state index in [9.17, 15) is 19.8 Å². The van der Waals surface area contributed by atoms with Crippen molar-refractivity contribution in [1.82, 2.24) is 0 Å². The van der Waals surface area contributed by atoms with E-state index < -0.39 is 40.6 Å². The Balaban J connectivity index is 5.19. The van der Waals surface area contributed by atoms with Gasteiger partial charge in [0, 0.05) is 0 Å². The molecule has 2 N–H and O–H groups in total. The van der Waals surface area contributed by atoms with Gasteiger partial charge in [0.05, 0.1) is 16.4 Å². The van der Waals surface area contributed by atoms with Crippen LogP contribution in [-0.2, 0) is 19.1 Å². The van der Waals surface area contributed by atoms with Gasteiger partial charge in [-0.05, 0) is 54.9 Å². The number of esters is 2. The van der Waals surface area contributed by atoms with Gasteiger partial charge in [0.1, 0.15) is 12.7 Å². The van der Waals surface area contributed by atoms with Gasteiger partial charge in [-0.1, -0.05) is 32.6 Å². The SMILES string of the molecule is CCCCCC[C@](C)(O)[C@H](O)[C@@H](COC(=O)C(C)(C)C)OC(=O)C(C)(C)C. The van der Waals surface area contributed by atoms with E-state index >= 15 is 0 Å². The molecule has 0 amide bonds. The van der Waals surface area contributed by atoms with Crippen LogP contribution in [0.1, 0.15) is 87.5 Å². The third-order valence-corrected chi connectivity index (χ3v) is 4.39. The summed E-state index contributed by atoms with van der Waals surface area (Å²) in [6.07, 6.45) is 1.69. The van der Waals surface area contributed by atoms with Crippen molar-refractivity contribution in [2.45, 2.75) is 105 Å². The van der Waals surface area contributed by atoms with Gasteiger partial charge in [0.25, 0.3) is 0 Å². The maximum atomic E-state index is 12.3. The second kappa shape index (κ2) is 10.4. The van der Waals surface area contributed by atoms with Crippen molar-refractivity contribution in [2.24, 2.45) is 10.8 Å². The molecule has 0 radical (unpaired) electrons. The zero-order chi connectivity index (χ0) is 21.5. The Bertz CT molecular complexity index is 470. The van der Waals surface area contributed by atoms with Gasteiger partial charge in [0.15, 0.2) is 6.10 Å². The molecule has 0 fully saturated rings. The lowest BCUT2D eigenvalue weighted by Gasteiger charge is -2.35. The molecule has 0 heterocycles. The summed E-state index contributed by atoms with van der Waals surface area (Å²) < 4.78 is 10.7. The molecule has 0 saturated carbocycles. The Labute approximate surface area is 164 Å². The van der Waals surface area contributed by atoms with Crippen molar-refractivity contribution in [3.05, 3.63) is 0 Å². The number of aliphatic hydroxyl groups excluding tert-OH is 1. The van der Waals surface area contributed by atoms with E-state index in [2.05, 4.69) is 6.92 Å². The molecule has 160 valence electrons. The Kier molecular flexibility index (Phi) is 9.98. The third-order valence-electron chi connectivity index (χ3n) is 4.39. The molecule has 0 rings (SSSR count). The van der Waals surface area contributed by atoms with E-state index in [0.717, 1.165) is 25.7 Å². The van der Waals surface area contributed by atoms with Gasteiger partial charge in [-0.25, -0.2) is 0 Å². The Morgan fingerprint density at radius 1 is 0.889 bits per heavy atom. The molecule has 3 atom stereocenters. The standard InChI is InChI=1S/C21H40O6/c1-9-10-11-12-13-21(8,25)16(22)15(27-18(24)20(5,6)7)14-26-17(23)19(2,3)4/h15-16,22,25H,9-14H2,1-8H3/t15-,16-,21+/m1/s1. The minimum atomic E-state index is -1.45. The molecular weight excluding hydrogens is 348 g/mol. The normalized spacial score (nSPS) is 17.0. The zero-order valence-electron chi connectivity index (χ0n) is 18.4. The van der Waals surface area contributed by atoms with Crippen LogP contribution < -0.4 is 0 Å². The van der Waals surface area contributed by atoms with Crippen LogP contribution in [0.3, 0.4) is 0 Å². The first-order valence-corrected chi connectivity index (χ1v) is 9.91. The van der Waals surface area contributed by atoms with Crippen LogP contribution in [0.5, 0.6) is 0 Å². The average molecular weight is 389 g/mol. The Hall–Kier alpha value is -1.14. The molecule has 6 nitrogen and oxygen atoms in total. The van der Waals surface area contributed by atoms with Crippen LogP contribution in [0.4, 0.5) is 0 Å². The highest BCUT2D eigenvalue weighted by molar-refractivity contribution is 5.76. The zero-order valence-corrected chi connectivity index (χ0v) is 18.4. The van der Waals surface area contributed by atoms with Crippen LogP contribution in [0.25, 0.3) is 0 Å². The molecule has 0 aromatic rings. The summed E-state index contributed by atoms with van der Waals surface area (Å²) in [7, 11) is 0. The number of ether oxygens (including phenoxy) is 2. The van der Waals surface area contributed by atoms with Crippen molar-refractivity contribution in [3.8, 4) is 0 Å². The highest BCUT2D eigenvalue weighted by Gasteiger charge is 2.41. The third kappa shape index (κ3) is 9.56. The lowest BCUT2D eigenvalue weighted by molar-refractivity contribution is -0.189. The largest absolute Gasteiger partial charge is 0.461 e. The minimum Gasteiger partial charge on any atom is -0.461 e. The first kappa shape index (κ1) is 25.9. The summed E-state index contributed by atoms with van der Waals surface area (Å²) in [5, 5.41) is 21.4. The number of aliphatic hydroxyl groups is 2. The van der Waals surface area contributed by atoms with Gasteiger partial charge < -0.3 is 19.7 Å². The molecule has 0 aliphatic heterocycles. The molecule has 0 aliphatic carbocycles. The molecule has 0 saturated heterocycles. The van der Waals surface area contributed by atoms with E-state index in [1.807, 2.05) is 0 Å². The monoisotopic (exact) mass is 388 g/mol. The summed E-state index contributed by atoms with van der Waals surface area (Å²) in [5.74, 6) is -0.991. The molecule has 27 heavy (non-hydrogen) atoms. The number of carbonyl (C=O) groups excluding carboxylic acids is 2. The number of rotatable bonds is 10. The van der Waals surface area contributed by atoms with Crippen LogP contribution in [-0.4, -0.2) is 46.6 Å². The van der Waals surface area contributed by atoms with E-state index in [-0.39, 0.29) is 6.61 Å². The van der Waals surface area contributed by atoms with Crippen molar-refractivity contribution in [2.75, 3.05) is 6.61 Å². The predicted molar refractivity (Wildman–Crippen MR) is 105 cm³/mol. The van der Waals surface area contributed by atoms with Crippen molar-refractivity contribution < 1.29 is 29.3 Å². The van der Waals surface area contributed by atoms with Crippen LogP contribution in [0.2, 0.25) is 0 Å². The number of hydrogen-bond donors (Lipinski definition) is 2. The fraction of sp³-hybridized carbons (Fsp3) is 0.905. The molecule has 0 spiro atoms. The number of unbranched alkanes of at least 4 members (excludes halogenated alkanes) is 3. The van der Waals surface area contributed by atoms with Gasteiger partial charge in [-0.3, -0.25) is 9.59 Å². The first-order valence-electron chi connectivity index (χ1n) is 9.91. The van der Waals surface area contributed by atoms with Gasteiger partial charge in [0.2, 0.25) is 0 Å².